The number of aryl methyl sites for hydroxylation is 1. The average Bonchev–Trinajstić information content (AvgIpc) is 3.24. The highest BCUT2D eigenvalue weighted by Crippen LogP contribution is 2.37. The van der Waals surface area contributed by atoms with Crippen molar-refractivity contribution in [3.8, 4) is 22.8 Å². The van der Waals surface area contributed by atoms with Gasteiger partial charge < -0.3 is 19.5 Å². The number of aromatic hydroxyl groups is 2. The van der Waals surface area contributed by atoms with E-state index in [0.717, 1.165) is 5.56 Å². The van der Waals surface area contributed by atoms with Crippen LogP contribution in [0.3, 0.4) is 0 Å². The van der Waals surface area contributed by atoms with Crippen molar-refractivity contribution in [3.05, 3.63) is 83.4 Å². The van der Waals surface area contributed by atoms with Crippen LogP contribution in [0.25, 0.3) is 22.3 Å². The van der Waals surface area contributed by atoms with E-state index in [1.807, 2.05) is 19.1 Å². The molecule has 3 aromatic carbocycles. The van der Waals surface area contributed by atoms with Crippen LogP contribution in [-0.2, 0) is 0 Å². The Morgan fingerprint density at radius 3 is 2.00 bits per heavy atom. The molecule has 1 aliphatic heterocycles. The minimum atomic E-state index is -0.155. The minimum Gasteiger partial charge on any atom is -0.508 e. The third-order valence-electron chi connectivity index (χ3n) is 5.92. The predicted octanol–water partition coefficient (Wildman–Crippen LogP) is 7.57. The number of fused-ring (bicyclic) bond motifs is 1. The van der Waals surface area contributed by atoms with Crippen LogP contribution in [-0.4, -0.2) is 41.0 Å². The maximum Gasteiger partial charge on any atom is 0.197 e. The van der Waals surface area contributed by atoms with Gasteiger partial charge in [0.05, 0.1) is 5.56 Å². The minimum absolute atomic E-state index is 0.0674. The van der Waals surface area contributed by atoms with Crippen LogP contribution in [0.2, 0.25) is 0 Å². The second kappa shape index (κ2) is 12.9. The Kier molecular flexibility index (Phi) is 9.71. The van der Waals surface area contributed by atoms with E-state index in [1.54, 1.807) is 42.5 Å². The fraction of sp³-hybridized carbons (Fsp3) is 0.323. The van der Waals surface area contributed by atoms with Gasteiger partial charge in [0.15, 0.2) is 5.78 Å². The Balaban J connectivity index is 0.000000304. The normalized spacial score (nSPS) is 13.3. The number of benzene rings is 3. The van der Waals surface area contributed by atoms with Crippen molar-refractivity contribution in [1.82, 2.24) is 4.90 Å². The van der Waals surface area contributed by atoms with Crippen LogP contribution in [0, 0.1) is 6.92 Å². The molecule has 5 heteroatoms. The molecule has 0 amide bonds. The molecule has 0 aliphatic carbocycles. The summed E-state index contributed by atoms with van der Waals surface area (Å²) in [4.78, 5) is 15.6. The van der Waals surface area contributed by atoms with Crippen molar-refractivity contribution < 1.29 is 19.4 Å². The van der Waals surface area contributed by atoms with Crippen LogP contribution in [0.15, 0.2) is 71.1 Å². The van der Waals surface area contributed by atoms with Crippen molar-refractivity contribution in [2.75, 3.05) is 20.1 Å². The van der Waals surface area contributed by atoms with Gasteiger partial charge in [-0.3, -0.25) is 4.79 Å². The zero-order valence-electron chi connectivity index (χ0n) is 21.8. The zero-order valence-corrected chi connectivity index (χ0v) is 21.8. The van der Waals surface area contributed by atoms with E-state index >= 15 is 0 Å². The van der Waals surface area contributed by atoms with Crippen LogP contribution in [0.4, 0.5) is 0 Å². The molecule has 0 bridgehead atoms. The second-order valence-corrected chi connectivity index (χ2v) is 9.30. The number of likely N-dealkylation sites (tertiary alicyclic amines) is 1. The van der Waals surface area contributed by atoms with Gasteiger partial charge in [-0.05, 0) is 76.3 Å². The predicted molar refractivity (Wildman–Crippen MR) is 147 cm³/mol. The van der Waals surface area contributed by atoms with Gasteiger partial charge in [0.25, 0.3) is 0 Å². The third-order valence-corrected chi connectivity index (χ3v) is 5.92. The van der Waals surface area contributed by atoms with E-state index in [4.69, 9.17) is 4.42 Å². The number of piperidine rings is 1. The van der Waals surface area contributed by atoms with Gasteiger partial charge in [0.2, 0.25) is 0 Å². The summed E-state index contributed by atoms with van der Waals surface area (Å²) in [7, 11) is 2.19. The SMILES string of the molecule is CCC.CN1CCCCC1.Cc1ccc(C(=O)c2c(-c3ccc(O)cc3)oc3cc(O)ccc23)cc1. The Bertz CT molecular complexity index is 1250. The summed E-state index contributed by atoms with van der Waals surface area (Å²) in [5.41, 5.74) is 3.18. The van der Waals surface area contributed by atoms with Crippen molar-refractivity contribution in [2.45, 2.75) is 46.5 Å². The van der Waals surface area contributed by atoms with Gasteiger partial charge in [0, 0.05) is 22.6 Å². The Morgan fingerprint density at radius 1 is 0.861 bits per heavy atom. The molecule has 0 atom stereocenters. The van der Waals surface area contributed by atoms with Crippen LogP contribution in [0.5, 0.6) is 11.5 Å². The van der Waals surface area contributed by atoms with Crippen LogP contribution >= 0.6 is 0 Å². The average molecular weight is 488 g/mol. The van der Waals surface area contributed by atoms with Crippen LogP contribution < -0.4 is 0 Å². The molecule has 1 fully saturated rings. The van der Waals surface area contributed by atoms with Crippen LogP contribution in [0.1, 0.15) is 61.0 Å². The number of furan rings is 1. The lowest BCUT2D eigenvalue weighted by atomic mass is 9.97. The summed E-state index contributed by atoms with van der Waals surface area (Å²) in [6, 6.07) is 18.5. The highest BCUT2D eigenvalue weighted by atomic mass is 16.3. The molecule has 1 aromatic heterocycles. The fourth-order valence-electron chi connectivity index (χ4n) is 4.03. The fourth-order valence-corrected chi connectivity index (χ4v) is 4.03. The first kappa shape index (κ1) is 27.0. The molecule has 0 spiro atoms. The summed E-state index contributed by atoms with van der Waals surface area (Å²) in [5, 5.41) is 19.9. The molecule has 36 heavy (non-hydrogen) atoms. The molecular weight excluding hydrogens is 450 g/mol. The van der Waals surface area contributed by atoms with Crippen molar-refractivity contribution in [2.24, 2.45) is 0 Å². The van der Waals surface area contributed by atoms with E-state index in [0.29, 0.717) is 33.4 Å². The molecule has 5 nitrogen and oxygen atoms in total. The van der Waals surface area contributed by atoms with Gasteiger partial charge in [-0.25, -0.2) is 0 Å². The highest BCUT2D eigenvalue weighted by Gasteiger charge is 2.23. The first-order valence-electron chi connectivity index (χ1n) is 12.7. The van der Waals surface area contributed by atoms with E-state index in [-0.39, 0.29) is 17.3 Å². The van der Waals surface area contributed by atoms with Gasteiger partial charge in [-0.1, -0.05) is 56.5 Å². The number of carbonyl (C=O) groups is 1. The number of hydrogen-bond donors (Lipinski definition) is 2. The second-order valence-electron chi connectivity index (χ2n) is 9.30. The number of ketones is 1. The number of carbonyl (C=O) groups excluding carboxylic acids is 1. The summed E-state index contributed by atoms with van der Waals surface area (Å²) in [5.74, 6) is 0.459. The third kappa shape index (κ3) is 6.98. The zero-order chi connectivity index (χ0) is 26.1. The molecule has 190 valence electrons. The van der Waals surface area contributed by atoms with Gasteiger partial charge in [0.1, 0.15) is 22.8 Å². The maximum absolute atomic E-state index is 13.2. The number of phenolic OH excluding ortho intramolecular Hbond substituents is 2. The van der Waals surface area contributed by atoms with E-state index in [1.165, 1.54) is 50.9 Å². The first-order chi connectivity index (χ1) is 17.3. The number of hydrogen-bond acceptors (Lipinski definition) is 5. The number of nitrogens with zero attached hydrogens (tertiary/aromatic N) is 1. The Hall–Kier alpha value is -3.57. The van der Waals surface area contributed by atoms with Crippen molar-refractivity contribution >= 4 is 16.8 Å². The van der Waals surface area contributed by atoms with Gasteiger partial charge >= 0.3 is 0 Å². The Morgan fingerprint density at radius 2 is 1.44 bits per heavy atom. The number of phenols is 2. The summed E-state index contributed by atoms with van der Waals surface area (Å²) in [6.45, 7) is 8.85. The maximum atomic E-state index is 13.2. The highest BCUT2D eigenvalue weighted by molar-refractivity contribution is 6.19. The lowest BCUT2D eigenvalue weighted by molar-refractivity contribution is 0.104. The number of rotatable bonds is 3. The standard InChI is InChI=1S/C22H16O4.C6H13N.C3H8/c1-13-2-4-14(5-3-13)21(25)20-18-11-10-17(24)12-19(18)26-22(20)15-6-8-16(23)9-7-15;1-7-5-3-2-4-6-7;1-3-2/h2-12,23-24H,1H3;2-6H2,1H3;3H2,1-2H3. The summed E-state index contributed by atoms with van der Waals surface area (Å²) in [6.07, 6.45) is 5.53. The summed E-state index contributed by atoms with van der Waals surface area (Å²) >= 11 is 0. The molecule has 1 aliphatic rings. The molecule has 0 saturated carbocycles. The van der Waals surface area contributed by atoms with E-state index < -0.39 is 0 Å². The molecule has 2 heterocycles. The topological polar surface area (TPSA) is 73.9 Å². The quantitative estimate of drug-likeness (QED) is 0.292. The summed E-state index contributed by atoms with van der Waals surface area (Å²) < 4.78 is 5.91. The molecule has 5 rings (SSSR count). The first-order valence-corrected chi connectivity index (χ1v) is 12.7. The molecular formula is C31H37NO4. The largest absolute Gasteiger partial charge is 0.508 e. The molecule has 0 unspecified atom stereocenters. The van der Waals surface area contributed by atoms with E-state index in [2.05, 4.69) is 25.8 Å². The van der Waals surface area contributed by atoms with Gasteiger partial charge in [-0.15, -0.1) is 0 Å². The molecule has 4 aromatic rings. The molecule has 1 saturated heterocycles. The van der Waals surface area contributed by atoms with Gasteiger partial charge in [-0.2, -0.15) is 0 Å². The van der Waals surface area contributed by atoms with Crippen molar-refractivity contribution in [3.63, 3.8) is 0 Å². The molecule has 0 radical (unpaired) electrons. The van der Waals surface area contributed by atoms with E-state index in [9.17, 15) is 15.0 Å². The van der Waals surface area contributed by atoms with Crippen molar-refractivity contribution in [1.29, 1.82) is 0 Å². The monoisotopic (exact) mass is 487 g/mol. The molecule has 2 N–H and O–H groups in total. The smallest absolute Gasteiger partial charge is 0.197 e. The lowest BCUT2D eigenvalue weighted by Gasteiger charge is -2.20. The Labute approximate surface area is 214 Å². The lowest BCUT2D eigenvalue weighted by Crippen LogP contribution is -2.24.